The molecule has 1 aliphatic heterocycles. The lowest BCUT2D eigenvalue weighted by Crippen LogP contribution is -2.40. The second-order valence-electron chi connectivity index (χ2n) is 4.49. The van der Waals surface area contributed by atoms with Crippen LogP contribution < -0.4 is 0 Å². The minimum Gasteiger partial charge on any atom is -0.344 e. The Morgan fingerprint density at radius 2 is 1.23 bits per heavy atom. The third-order valence-electron chi connectivity index (χ3n) is 3.03. The molecule has 2 atom stereocenters. The van der Waals surface area contributed by atoms with Crippen LogP contribution in [0, 0.1) is 11.8 Å². The molecule has 13 heavy (non-hydrogen) atoms. The Bertz CT molecular complexity index is 250. The fourth-order valence-electron chi connectivity index (χ4n) is 2.49. The molecular weight excluding hydrogens is 164 g/mol. The van der Waals surface area contributed by atoms with E-state index in [9.17, 15) is 0 Å². The summed E-state index contributed by atoms with van der Waals surface area (Å²) in [5.41, 5.74) is 0. The van der Waals surface area contributed by atoms with Gasteiger partial charge in [0.1, 0.15) is 0 Å². The summed E-state index contributed by atoms with van der Waals surface area (Å²) in [6, 6.07) is 0. The van der Waals surface area contributed by atoms with Gasteiger partial charge in [0.2, 0.25) is 0 Å². The molecule has 0 radical (unpaired) electrons. The summed E-state index contributed by atoms with van der Waals surface area (Å²) in [5.74, 6) is 0.456. The van der Waals surface area contributed by atoms with E-state index in [1.54, 1.807) is 0 Å². The molecule has 3 aliphatic carbocycles. The molecule has 0 aromatic heterocycles. The highest BCUT2D eigenvalue weighted by molar-refractivity contribution is 5.25. The first-order valence-corrected chi connectivity index (χ1v) is 4.88. The van der Waals surface area contributed by atoms with Crippen molar-refractivity contribution in [2.45, 2.75) is 31.8 Å². The van der Waals surface area contributed by atoms with Crippen LogP contribution in [-0.2, 0) is 9.47 Å². The topological polar surface area (TPSA) is 18.5 Å². The van der Waals surface area contributed by atoms with Gasteiger partial charge in [0.15, 0.2) is 5.79 Å². The van der Waals surface area contributed by atoms with E-state index in [4.69, 9.17) is 9.47 Å². The lowest BCUT2D eigenvalue weighted by Gasteiger charge is -2.34. The van der Waals surface area contributed by atoms with Crippen LogP contribution in [0.15, 0.2) is 24.3 Å². The van der Waals surface area contributed by atoms with Crippen molar-refractivity contribution in [3.63, 3.8) is 0 Å². The summed E-state index contributed by atoms with van der Waals surface area (Å²) in [6.45, 7) is 3.98. The Labute approximate surface area is 78.2 Å². The molecule has 1 saturated heterocycles. The van der Waals surface area contributed by atoms with Gasteiger partial charge < -0.3 is 9.47 Å². The molecule has 1 heterocycles. The monoisotopic (exact) mass is 178 g/mol. The van der Waals surface area contributed by atoms with Gasteiger partial charge in [-0.3, -0.25) is 0 Å². The summed E-state index contributed by atoms with van der Waals surface area (Å²) in [7, 11) is 0. The van der Waals surface area contributed by atoms with Gasteiger partial charge in [-0.2, -0.15) is 0 Å². The molecule has 0 aromatic carbocycles. The molecule has 4 rings (SSSR count). The molecule has 0 N–H and O–H groups in total. The SMILES string of the molecule is CC1(C)OC2C3C=CC(C=C3)C2O1. The lowest BCUT2D eigenvalue weighted by atomic mass is 9.78. The van der Waals surface area contributed by atoms with E-state index < -0.39 is 5.79 Å². The molecule has 70 valence electrons. The molecule has 2 nitrogen and oxygen atoms in total. The summed E-state index contributed by atoms with van der Waals surface area (Å²) in [4.78, 5) is 0. The highest BCUT2D eigenvalue weighted by Gasteiger charge is 2.49. The van der Waals surface area contributed by atoms with Crippen LogP contribution in [0.5, 0.6) is 0 Å². The van der Waals surface area contributed by atoms with Gasteiger partial charge in [-0.05, 0) is 13.8 Å². The predicted octanol–water partition coefficient (Wildman–Crippen LogP) is 1.88. The van der Waals surface area contributed by atoms with Crippen molar-refractivity contribution in [2.24, 2.45) is 11.8 Å². The van der Waals surface area contributed by atoms with Gasteiger partial charge in [0.25, 0.3) is 0 Å². The van der Waals surface area contributed by atoms with Crippen LogP contribution in [0.3, 0.4) is 0 Å². The van der Waals surface area contributed by atoms with Crippen LogP contribution in [0.2, 0.25) is 0 Å². The first-order chi connectivity index (χ1) is 6.16. The molecule has 0 spiro atoms. The van der Waals surface area contributed by atoms with Crippen LogP contribution in [-0.4, -0.2) is 18.0 Å². The highest BCUT2D eigenvalue weighted by atomic mass is 16.8. The minimum atomic E-state index is -0.399. The van der Waals surface area contributed by atoms with E-state index in [-0.39, 0.29) is 12.2 Å². The predicted molar refractivity (Wildman–Crippen MR) is 49.1 cm³/mol. The van der Waals surface area contributed by atoms with E-state index >= 15 is 0 Å². The summed E-state index contributed by atoms with van der Waals surface area (Å²) >= 11 is 0. The maximum Gasteiger partial charge on any atom is 0.163 e. The van der Waals surface area contributed by atoms with E-state index in [1.807, 2.05) is 13.8 Å². The minimum absolute atomic E-state index is 0.245. The quantitative estimate of drug-likeness (QED) is 0.527. The standard InChI is InChI=1S/C11H14O2/c1-11(2)12-9-7-3-4-8(6-5-7)10(9)13-11/h3-10H,1-2H3. The van der Waals surface area contributed by atoms with Gasteiger partial charge in [-0.1, -0.05) is 24.3 Å². The molecule has 0 aromatic rings. The van der Waals surface area contributed by atoms with Gasteiger partial charge in [0, 0.05) is 11.8 Å². The highest BCUT2D eigenvalue weighted by Crippen LogP contribution is 2.43. The second-order valence-corrected chi connectivity index (χ2v) is 4.49. The van der Waals surface area contributed by atoms with Gasteiger partial charge >= 0.3 is 0 Å². The fourth-order valence-corrected chi connectivity index (χ4v) is 2.49. The van der Waals surface area contributed by atoms with Crippen molar-refractivity contribution < 1.29 is 9.47 Å². The van der Waals surface area contributed by atoms with E-state index in [0.29, 0.717) is 11.8 Å². The van der Waals surface area contributed by atoms with Crippen molar-refractivity contribution in [1.82, 2.24) is 0 Å². The number of hydrogen-bond donors (Lipinski definition) is 0. The van der Waals surface area contributed by atoms with Crippen molar-refractivity contribution in [3.05, 3.63) is 24.3 Å². The number of hydrogen-bond acceptors (Lipinski definition) is 2. The summed E-state index contributed by atoms with van der Waals surface area (Å²) in [6.07, 6.45) is 9.42. The van der Waals surface area contributed by atoms with Gasteiger partial charge in [-0.25, -0.2) is 0 Å². The van der Waals surface area contributed by atoms with Crippen molar-refractivity contribution >= 4 is 0 Å². The normalized spacial score (nSPS) is 49.7. The van der Waals surface area contributed by atoms with Crippen LogP contribution in [0.1, 0.15) is 13.8 Å². The Hall–Kier alpha value is -0.600. The zero-order valence-electron chi connectivity index (χ0n) is 7.94. The van der Waals surface area contributed by atoms with Gasteiger partial charge in [0.05, 0.1) is 12.2 Å². The Morgan fingerprint density at radius 3 is 1.62 bits per heavy atom. The van der Waals surface area contributed by atoms with Crippen molar-refractivity contribution in [2.75, 3.05) is 0 Å². The average Bonchev–Trinajstić information content (AvgIpc) is 2.43. The lowest BCUT2D eigenvalue weighted by molar-refractivity contribution is -0.148. The van der Waals surface area contributed by atoms with Crippen molar-refractivity contribution in [3.8, 4) is 0 Å². The van der Waals surface area contributed by atoms with E-state index in [0.717, 1.165) is 0 Å². The van der Waals surface area contributed by atoms with Crippen LogP contribution in [0.25, 0.3) is 0 Å². The Balaban J connectivity index is 1.96. The van der Waals surface area contributed by atoms with E-state index in [1.165, 1.54) is 0 Å². The number of ether oxygens (including phenoxy) is 2. The maximum absolute atomic E-state index is 5.86. The molecule has 1 fully saturated rings. The zero-order valence-corrected chi connectivity index (χ0v) is 7.94. The molecule has 0 saturated carbocycles. The van der Waals surface area contributed by atoms with Crippen LogP contribution >= 0.6 is 0 Å². The molecule has 2 bridgehead atoms. The first kappa shape index (κ1) is 7.77. The molecule has 4 aliphatic rings. The largest absolute Gasteiger partial charge is 0.344 e. The summed E-state index contributed by atoms with van der Waals surface area (Å²) in [5, 5.41) is 0. The molecular formula is C11H14O2. The Kier molecular flexibility index (Phi) is 1.35. The third-order valence-corrected chi connectivity index (χ3v) is 3.03. The average molecular weight is 178 g/mol. The van der Waals surface area contributed by atoms with Crippen LogP contribution in [0.4, 0.5) is 0 Å². The molecule has 2 unspecified atom stereocenters. The molecule has 0 amide bonds. The third kappa shape index (κ3) is 1.02. The summed E-state index contributed by atoms with van der Waals surface area (Å²) < 4.78 is 11.7. The fraction of sp³-hybridized carbons (Fsp3) is 0.636. The zero-order chi connectivity index (χ0) is 9.05. The first-order valence-electron chi connectivity index (χ1n) is 4.88. The van der Waals surface area contributed by atoms with Gasteiger partial charge in [-0.15, -0.1) is 0 Å². The molecule has 2 heteroatoms. The Morgan fingerprint density at radius 1 is 0.846 bits per heavy atom. The smallest absolute Gasteiger partial charge is 0.163 e. The maximum atomic E-state index is 5.86. The van der Waals surface area contributed by atoms with Crippen molar-refractivity contribution in [1.29, 1.82) is 0 Å². The number of rotatable bonds is 0. The van der Waals surface area contributed by atoms with E-state index in [2.05, 4.69) is 24.3 Å². The second kappa shape index (κ2) is 2.25.